The first kappa shape index (κ1) is 23.1. The monoisotopic (exact) mass is 441 g/mol. The summed E-state index contributed by atoms with van der Waals surface area (Å²) < 4.78 is 15.6. The van der Waals surface area contributed by atoms with E-state index in [2.05, 4.69) is 10.3 Å². The number of amides is 4. The fourth-order valence-electron chi connectivity index (χ4n) is 3.47. The number of carbonyl (C=O) groups is 3. The van der Waals surface area contributed by atoms with Crippen LogP contribution in [-0.2, 0) is 25.6 Å². The molecular weight excluding hydrogens is 414 g/mol. The van der Waals surface area contributed by atoms with Gasteiger partial charge in [-0.3, -0.25) is 14.5 Å². The van der Waals surface area contributed by atoms with E-state index in [4.69, 9.17) is 14.2 Å². The van der Waals surface area contributed by atoms with Crippen molar-refractivity contribution in [3.05, 3.63) is 53.5 Å². The molecule has 170 valence electrons. The summed E-state index contributed by atoms with van der Waals surface area (Å²) in [5.74, 6) is 0.467. The van der Waals surface area contributed by atoms with Gasteiger partial charge in [0.15, 0.2) is 11.5 Å². The molecule has 1 N–H and O–H groups in total. The fraction of sp³-hybridized carbons (Fsp3) is 0.391. The van der Waals surface area contributed by atoms with Crippen LogP contribution in [0.25, 0.3) is 0 Å². The molecule has 1 heterocycles. The van der Waals surface area contributed by atoms with Crippen LogP contribution in [0.3, 0.4) is 0 Å². The highest BCUT2D eigenvalue weighted by Gasteiger charge is 2.38. The third-order valence-corrected chi connectivity index (χ3v) is 5.27. The average Bonchev–Trinajstić information content (AvgIpc) is 2.81. The predicted molar refractivity (Wildman–Crippen MR) is 117 cm³/mol. The van der Waals surface area contributed by atoms with Crippen LogP contribution < -0.4 is 10.1 Å². The highest BCUT2D eigenvalue weighted by molar-refractivity contribution is 6.22. The number of hydrogen-bond donors (Lipinski definition) is 1. The molecule has 2 aliphatic rings. The SMILES string of the molecule is COC1=CC2=NC(=O)N(CCCCC(=O)NCc3ccc(OC)cc3)C(=O)C2C=C1OC. The minimum atomic E-state index is -0.686. The molecule has 0 aromatic heterocycles. The quantitative estimate of drug-likeness (QED) is 0.560. The molecule has 3 rings (SSSR count). The van der Waals surface area contributed by atoms with Gasteiger partial charge in [-0.1, -0.05) is 12.1 Å². The third-order valence-electron chi connectivity index (χ3n) is 5.27. The number of aliphatic imine (C=N–C) groups is 1. The average molecular weight is 441 g/mol. The molecule has 1 aliphatic heterocycles. The number of benzene rings is 1. The highest BCUT2D eigenvalue weighted by atomic mass is 16.5. The number of rotatable bonds is 10. The van der Waals surface area contributed by atoms with E-state index in [0.29, 0.717) is 43.0 Å². The van der Waals surface area contributed by atoms with E-state index in [1.165, 1.54) is 14.2 Å². The van der Waals surface area contributed by atoms with Gasteiger partial charge in [-0.2, -0.15) is 4.99 Å². The van der Waals surface area contributed by atoms with Crippen molar-refractivity contribution in [3.8, 4) is 5.75 Å². The van der Waals surface area contributed by atoms with E-state index in [9.17, 15) is 14.4 Å². The molecule has 1 unspecified atom stereocenters. The minimum absolute atomic E-state index is 0.0883. The van der Waals surface area contributed by atoms with Crippen LogP contribution in [0.4, 0.5) is 4.79 Å². The lowest BCUT2D eigenvalue weighted by Gasteiger charge is -2.29. The molecule has 1 aromatic carbocycles. The summed E-state index contributed by atoms with van der Waals surface area (Å²) in [5.41, 5.74) is 1.31. The van der Waals surface area contributed by atoms with Gasteiger partial charge >= 0.3 is 6.03 Å². The minimum Gasteiger partial charge on any atom is -0.497 e. The largest absolute Gasteiger partial charge is 0.497 e. The summed E-state index contributed by atoms with van der Waals surface area (Å²) in [5, 5.41) is 2.86. The van der Waals surface area contributed by atoms with Gasteiger partial charge in [-0.25, -0.2) is 4.79 Å². The molecule has 0 radical (unpaired) electrons. The summed E-state index contributed by atoms with van der Waals surface area (Å²) in [6.45, 7) is 0.629. The molecule has 0 saturated carbocycles. The molecule has 1 atom stereocenters. The number of allylic oxidation sites excluding steroid dienone is 1. The topological polar surface area (TPSA) is 107 Å². The fourth-order valence-corrected chi connectivity index (χ4v) is 3.47. The number of ether oxygens (including phenoxy) is 3. The first-order valence-corrected chi connectivity index (χ1v) is 10.3. The maximum atomic E-state index is 12.8. The molecule has 9 nitrogen and oxygen atoms in total. The van der Waals surface area contributed by atoms with E-state index in [-0.39, 0.29) is 18.4 Å². The molecular formula is C23H27N3O6. The first-order chi connectivity index (χ1) is 15.5. The molecule has 0 bridgehead atoms. The molecule has 9 heteroatoms. The Bertz CT molecular complexity index is 964. The molecule has 0 spiro atoms. The molecule has 32 heavy (non-hydrogen) atoms. The maximum absolute atomic E-state index is 12.8. The number of hydrogen-bond acceptors (Lipinski definition) is 6. The summed E-state index contributed by atoms with van der Waals surface area (Å²) >= 11 is 0. The molecule has 4 amide bonds. The van der Waals surface area contributed by atoms with E-state index < -0.39 is 11.9 Å². The van der Waals surface area contributed by atoms with Gasteiger partial charge in [0, 0.05) is 25.6 Å². The lowest BCUT2D eigenvalue weighted by atomic mass is 9.93. The predicted octanol–water partition coefficient (Wildman–Crippen LogP) is 2.58. The summed E-state index contributed by atoms with van der Waals surface area (Å²) in [7, 11) is 4.56. The van der Waals surface area contributed by atoms with E-state index >= 15 is 0 Å². The van der Waals surface area contributed by atoms with Gasteiger partial charge in [0.05, 0.1) is 27.0 Å². The van der Waals surface area contributed by atoms with Crippen molar-refractivity contribution in [3.63, 3.8) is 0 Å². The summed E-state index contributed by atoms with van der Waals surface area (Å²) in [4.78, 5) is 42.4. The second-order valence-electron chi connectivity index (χ2n) is 7.32. The second-order valence-corrected chi connectivity index (χ2v) is 7.32. The summed E-state index contributed by atoms with van der Waals surface area (Å²) in [6, 6.07) is 6.85. The smallest absolute Gasteiger partial charge is 0.350 e. The number of nitrogens with one attached hydrogen (secondary N) is 1. The van der Waals surface area contributed by atoms with Crippen LogP contribution in [-0.4, -0.2) is 56.3 Å². The molecule has 0 saturated heterocycles. The van der Waals surface area contributed by atoms with Crippen molar-refractivity contribution in [1.82, 2.24) is 10.2 Å². The number of unbranched alkanes of at least 4 members (excludes halogenated alkanes) is 1. The number of methoxy groups -OCH3 is 3. The van der Waals surface area contributed by atoms with Crippen LogP contribution >= 0.6 is 0 Å². The zero-order chi connectivity index (χ0) is 23.1. The van der Waals surface area contributed by atoms with Crippen LogP contribution in [0.15, 0.2) is 52.9 Å². The van der Waals surface area contributed by atoms with E-state index in [1.54, 1.807) is 19.3 Å². The Labute approximate surface area is 186 Å². The Hall–Kier alpha value is -3.62. The van der Waals surface area contributed by atoms with Gasteiger partial charge in [0.2, 0.25) is 11.8 Å². The standard InChI is InChI=1S/C23H27N3O6/c1-30-16-9-7-15(8-10-16)14-24-21(27)6-4-5-11-26-22(28)17-12-19(31-2)20(32-3)13-18(17)25-23(26)29/h7-10,12-13,17H,4-6,11,14H2,1-3H3,(H,24,27). The number of fused-ring (bicyclic) bond motifs is 1. The Morgan fingerprint density at radius 2 is 1.75 bits per heavy atom. The van der Waals surface area contributed by atoms with Crippen molar-refractivity contribution in [2.24, 2.45) is 10.9 Å². The number of imide groups is 1. The molecule has 1 aliphatic carbocycles. The zero-order valence-electron chi connectivity index (χ0n) is 18.4. The number of carbonyl (C=O) groups excluding carboxylic acids is 3. The van der Waals surface area contributed by atoms with Crippen molar-refractivity contribution in [2.45, 2.75) is 25.8 Å². The Morgan fingerprint density at radius 1 is 1.03 bits per heavy atom. The van der Waals surface area contributed by atoms with Gasteiger partial charge in [0.25, 0.3) is 0 Å². The summed E-state index contributed by atoms with van der Waals surface area (Å²) in [6.07, 6.45) is 4.50. The van der Waals surface area contributed by atoms with Crippen molar-refractivity contribution < 1.29 is 28.6 Å². The van der Waals surface area contributed by atoms with Crippen molar-refractivity contribution in [2.75, 3.05) is 27.9 Å². The van der Waals surface area contributed by atoms with Crippen molar-refractivity contribution >= 4 is 23.6 Å². The van der Waals surface area contributed by atoms with Crippen LogP contribution in [0.2, 0.25) is 0 Å². The highest BCUT2D eigenvalue weighted by Crippen LogP contribution is 2.27. The molecule has 0 fully saturated rings. The van der Waals surface area contributed by atoms with Crippen LogP contribution in [0.5, 0.6) is 5.75 Å². The lowest BCUT2D eigenvalue weighted by Crippen LogP contribution is -2.47. The van der Waals surface area contributed by atoms with Crippen LogP contribution in [0.1, 0.15) is 24.8 Å². The first-order valence-electron chi connectivity index (χ1n) is 10.3. The van der Waals surface area contributed by atoms with Gasteiger partial charge in [-0.15, -0.1) is 0 Å². The van der Waals surface area contributed by atoms with E-state index in [1.807, 2.05) is 24.3 Å². The lowest BCUT2D eigenvalue weighted by molar-refractivity contribution is -0.129. The number of urea groups is 1. The normalized spacial score (nSPS) is 17.7. The zero-order valence-corrected chi connectivity index (χ0v) is 18.4. The van der Waals surface area contributed by atoms with Gasteiger partial charge in [0.1, 0.15) is 11.7 Å². The van der Waals surface area contributed by atoms with Gasteiger partial charge < -0.3 is 19.5 Å². The third kappa shape index (κ3) is 5.35. The van der Waals surface area contributed by atoms with Crippen molar-refractivity contribution in [1.29, 1.82) is 0 Å². The Morgan fingerprint density at radius 3 is 2.41 bits per heavy atom. The van der Waals surface area contributed by atoms with E-state index in [0.717, 1.165) is 16.2 Å². The molecule has 1 aromatic rings. The Balaban J connectivity index is 1.46. The maximum Gasteiger partial charge on any atom is 0.350 e. The number of nitrogens with zero attached hydrogens (tertiary/aromatic N) is 2. The second kappa shape index (κ2) is 10.6. The van der Waals surface area contributed by atoms with Gasteiger partial charge in [-0.05, 0) is 36.6 Å². The van der Waals surface area contributed by atoms with Crippen LogP contribution in [0, 0.1) is 5.92 Å². The Kier molecular flexibility index (Phi) is 7.64.